The lowest BCUT2D eigenvalue weighted by atomic mass is 10.1. The highest BCUT2D eigenvalue weighted by atomic mass is 16.6. The first-order chi connectivity index (χ1) is 39.0. The number of hydrogen-bond donors (Lipinski definition) is 0. The summed E-state index contributed by atoms with van der Waals surface area (Å²) in [6.45, 7) is 6.44. The molecule has 1 unspecified atom stereocenters. The summed E-state index contributed by atoms with van der Waals surface area (Å²) in [5.41, 5.74) is 0. The molecule has 0 saturated carbocycles. The van der Waals surface area contributed by atoms with E-state index < -0.39 is 6.10 Å². The van der Waals surface area contributed by atoms with E-state index in [1.165, 1.54) is 77.0 Å². The van der Waals surface area contributed by atoms with Crippen LogP contribution in [0.1, 0.15) is 278 Å². The predicted octanol–water partition coefficient (Wildman–Crippen LogP) is 22.3. The molecule has 0 fully saturated rings. The van der Waals surface area contributed by atoms with E-state index in [9.17, 15) is 14.4 Å². The summed E-state index contributed by atoms with van der Waals surface area (Å²) in [5, 5.41) is 0. The number of allylic oxidation sites excluding steroid dienone is 24. The van der Waals surface area contributed by atoms with Crippen LogP contribution in [0.15, 0.2) is 146 Å². The number of hydrogen-bond acceptors (Lipinski definition) is 6. The second-order valence-electron chi connectivity index (χ2n) is 20.9. The Hall–Kier alpha value is -4.71. The van der Waals surface area contributed by atoms with E-state index in [4.69, 9.17) is 14.2 Å². The van der Waals surface area contributed by atoms with Gasteiger partial charge in [-0.1, -0.05) is 263 Å². The highest BCUT2D eigenvalue weighted by molar-refractivity contribution is 5.71. The minimum atomic E-state index is -0.806. The van der Waals surface area contributed by atoms with Gasteiger partial charge in [0.2, 0.25) is 0 Å². The highest BCUT2D eigenvalue weighted by Crippen LogP contribution is 2.14. The minimum Gasteiger partial charge on any atom is -0.462 e. The van der Waals surface area contributed by atoms with E-state index >= 15 is 0 Å². The third kappa shape index (κ3) is 64.0. The van der Waals surface area contributed by atoms with Crippen molar-refractivity contribution in [3.05, 3.63) is 146 Å². The van der Waals surface area contributed by atoms with Gasteiger partial charge in [-0.3, -0.25) is 14.4 Å². The van der Waals surface area contributed by atoms with E-state index in [0.29, 0.717) is 19.3 Å². The molecular weight excluding hydrogens is 973 g/mol. The smallest absolute Gasteiger partial charge is 0.306 e. The monoisotopic (exact) mass is 1090 g/mol. The van der Waals surface area contributed by atoms with Crippen LogP contribution in [0.3, 0.4) is 0 Å². The highest BCUT2D eigenvalue weighted by Gasteiger charge is 2.19. The van der Waals surface area contributed by atoms with Gasteiger partial charge in [-0.05, 0) is 141 Å². The standard InChI is InChI=1S/C73H118O6/c1-4-7-10-13-16-19-22-24-26-28-30-32-33-34-35-36-37-38-39-41-42-44-46-48-51-54-57-60-63-66-72(75)78-69-70(68-77-71(74)65-62-59-56-53-50-21-18-15-12-9-6-3)79-73(76)67-64-61-58-55-52-49-47-45-43-40-31-29-27-25-23-20-17-14-11-8-5-2/h7,10,15-16,18-19,23-26,29-32,34-35,37-38,41-43,45-46,48,70H,4-6,8-9,11-14,17,20-22,27-28,33,36,39-40,44,47,49-69H2,1-3H3/b10-7-,18-15-,19-16-,25-23-,26-24-,31-29-,32-30-,35-34-,38-37-,42-41-,45-43-,48-46-. The quantitative estimate of drug-likeness (QED) is 0.0261. The zero-order chi connectivity index (χ0) is 57.1. The maximum atomic E-state index is 12.9. The summed E-state index contributed by atoms with van der Waals surface area (Å²) in [5.74, 6) is -0.950. The molecule has 1 atom stereocenters. The van der Waals surface area contributed by atoms with Crippen molar-refractivity contribution < 1.29 is 28.6 Å². The van der Waals surface area contributed by atoms with Crippen molar-refractivity contribution in [1.29, 1.82) is 0 Å². The van der Waals surface area contributed by atoms with Crippen molar-refractivity contribution in [2.24, 2.45) is 0 Å². The van der Waals surface area contributed by atoms with Gasteiger partial charge in [-0.25, -0.2) is 0 Å². The fourth-order valence-electron chi connectivity index (χ4n) is 8.45. The van der Waals surface area contributed by atoms with Gasteiger partial charge >= 0.3 is 17.9 Å². The zero-order valence-corrected chi connectivity index (χ0v) is 51.1. The van der Waals surface area contributed by atoms with Crippen LogP contribution in [0.5, 0.6) is 0 Å². The first kappa shape index (κ1) is 74.3. The molecule has 79 heavy (non-hydrogen) atoms. The Morgan fingerprint density at radius 1 is 0.266 bits per heavy atom. The maximum Gasteiger partial charge on any atom is 0.306 e. The van der Waals surface area contributed by atoms with Crippen LogP contribution in [-0.2, 0) is 28.6 Å². The molecule has 6 nitrogen and oxygen atoms in total. The van der Waals surface area contributed by atoms with Crippen LogP contribution in [0.25, 0.3) is 0 Å². The van der Waals surface area contributed by atoms with Gasteiger partial charge in [-0.2, -0.15) is 0 Å². The van der Waals surface area contributed by atoms with Gasteiger partial charge in [0.05, 0.1) is 0 Å². The molecule has 0 saturated heterocycles. The Bertz CT molecular complexity index is 1730. The SMILES string of the molecule is CC/C=C\C/C=C\C/C=C\C/C=C\C/C=C\C/C=C\C/C=C\C/C=C\CCCCCCC(=O)OCC(COC(=O)CCCCCCC/C=C\CCCC)OC(=O)CCCCCCCC/C=C\C/C=C\C/C=C\CCCCCCC. The molecule has 0 bridgehead atoms. The first-order valence-corrected chi connectivity index (χ1v) is 32.3. The molecule has 0 heterocycles. The number of unbranched alkanes of at least 4 members (excludes halogenated alkanes) is 22. The number of carbonyl (C=O) groups excluding carboxylic acids is 3. The Balaban J connectivity index is 4.39. The van der Waals surface area contributed by atoms with Crippen molar-refractivity contribution in [1.82, 2.24) is 0 Å². The van der Waals surface area contributed by atoms with Crippen LogP contribution >= 0.6 is 0 Å². The lowest BCUT2D eigenvalue weighted by Gasteiger charge is -2.18. The van der Waals surface area contributed by atoms with Gasteiger partial charge in [-0.15, -0.1) is 0 Å². The lowest BCUT2D eigenvalue weighted by molar-refractivity contribution is -0.167. The van der Waals surface area contributed by atoms with Crippen LogP contribution in [0.4, 0.5) is 0 Å². The average Bonchev–Trinajstić information content (AvgIpc) is 3.45. The van der Waals surface area contributed by atoms with Gasteiger partial charge in [0, 0.05) is 19.3 Å². The van der Waals surface area contributed by atoms with Crippen LogP contribution < -0.4 is 0 Å². The number of carbonyl (C=O) groups is 3. The van der Waals surface area contributed by atoms with Crippen molar-refractivity contribution in [2.45, 2.75) is 284 Å². The molecule has 0 aromatic heterocycles. The molecule has 0 spiro atoms. The second-order valence-corrected chi connectivity index (χ2v) is 20.9. The largest absolute Gasteiger partial charge is 0.462 e. The number of ether oxygens (including phenoxy) is 3. The van der Waals surface area contributed by atoms with Crippen molar-refractivity contribution >= 4 is 17.9 Å². The summed E-state index contributed by atoms with van der Waals surface area (Å²) in [6.07, 6.45) is 94.2. The molecule has 0 aromatic rings. The van der Waals surface area contributed by atoms with Crippen LogP contribution in [0.2, 0.25) is 0 Å². The van der Waals surface area contributed by atoms with E-state index in [2.05, 4.69) is 167 Å². The first-order valence-electron chi connectivity index (χ1n) is 32.3. The van der Waals surface area contributed by atoms with Crippen molar-refractivity contribution in [3.8, 4) is 0 Å². The predicted molar refractivity (Wildman–Crippen MR) is 343 cm³/mol. The van der Waals surface area contributed by atoms with Gasteiger partial charge < -0.3 is 14.2 Å². The van der Waals surface area contributed by atoms with E-state index in [1.54, 1.807) is 0 Å². The zero-order valence-electron chi connectivity index (χ0n) is 51.1. The molecule has 446 valence electrons. The molecule has 0 rings (SSSR count). The number of rotatable bonds is 57. The molecule has 0 aliphatic rings. The topological polar surface area (TPSA) is 78.9 Å². The van der Waals surface area contributed by atoms with E-state index in [0.717, 1.165) is 161 Å². The fourth-order valence-corrected chi connectivity index (χ4v) is 8.45. The van der Waals surface area contributed by atoms with E-state index in [-0.39, 0.29) is 31.1 Å². The third-order valence-corrected chi connectivity index (χ3v) is 13.3. The van der Waals surface area contributed by atoms with E-state index in [1.807, 2.05) is 0 Å². The molecule has 0 amide bonds. The lowest BCUT2D eigenvalue weighted by Crippen LogP contribution is -2.30. The summed E-state index contributed by atoms with van der Waals surface area (Å²) in [6, 6.07) is 0. The Morgan fingerprint density at radius 3 is 0.823 bits per heavy atom. The number of esters is 3. The molecule has 0 radical (unpaired) electrons. The van der Waals surface area contributed by atoms with Gasteiger partial charge in [0.15, 0.2) is 6.10 Å². The van der Waals surface area contributed by atoms with Crippen LogP contribution in [-0.4, -0.2) is 37.2 Å². The summed E-state index contributed by atoms with van der Waals surface area (Å²) in [4.78, 5) is 38.3. The van der Waals surface area contributed by atoms with Gasteiger partial charge in [0.25, 0.3) is 0 Å². The molecule has 0 N–H and O–H groups in total. The normalized spacial score (nSPS) is 13.1. The summed E-state index contributed by atoms with van der Waals surface area (Å²) < 4.78 is 16.9. The van der Waals surface area contributed by atoms with Crippen molar-refractivity contribution in [3.63, 3.8) is 0 Å². The summed E-state index contributed by atoms with van der Waals surface area (Å²) >= 11 is 0. The Labute approximate surface area is 487 Å². The average molecular weight is 1090 g/mol. The molecule has 6 heteroatoms. The maximum absolute atomic E-state index is 12.9. The fraction of sp³-hybridized carbons (Fsp3) is 0.630. The van der Waals surface area contributed by atoms with Crippen LogP contribution in [0, 0.1) is 0 Å². The molecule has 0 aliphatic heterocycles. The minimum absolute atomic E-state index is 0.101. The van der Waals surface area contributed by atoms with Gasteiger partial charge in [0.1, 0.15) is 13.2 Å². The molecule has 0 aliphatic carbocycles. The van der Waals surface area contributed by atoms with Crippen molar-refractivity contribution in [2.75, 3.05) is 13.2 Å². The Kier molecular flexibility index (Phi) is 61.9. The Morgan fingerprint density at radius 2 is 0.506 bits per heavy atom. The second kappa shape index (κ2) is 65.8. The molecular formula is C73H118O6. The third-order valence-electron chi connectivity index (χ3n) is 13.3. The molecule has 0 aromatic carbocycles. The summed E-state index contributed by atoms with van der Waals surface area (Å²) in [7, 11) is 0.